The number of carbonyl (C=O) groups is 1. The Bertz CT molecular complexity index is 1130. The number of ether oxygens (including phenoxy) is 1. The number of aliphatic hydroxyl groups is 1. The van der Waals surface area contributed by atoms with E-state index in [1.54, 1.807) is 36.4 Å². The molecule has 2 aromatic carbocycles. The minimum atomic E-state index is -4.59. The van der Waals surface area contributed by atoms with Gasteiger partial charge in [-0.3, -0.25) is 9.78 Å². The minimum absolute atomic E-state index is 0.120. The number of anilines is 1. The number of rotatable bonds is 5. The van der Waals surface area contributed by atoms with Crippen LogP contribution in [0.5, 0.6) is 0 Å². The Morgan fingerprint density at radius 2 is 1.78 bits per heavy atom. The lowest BCUT2D eigenvalue weighted by Gasteiger charge is -2.40. The van der Waals surface area contributed by atoms with E-state index in [4.69, 9.17) is 4.74 Å². The standard InChI is InChI=1S/C23H18BrF3N2O3/c24-17-5-7-18(8-6-17)29-21(31)22(12-32-13-22)16-3-1-14(2-4-16)19-10-28-20(23(25,26)27)9-15(19)11-30/h1-10,30H,11-13H2,(H,29,31). The van der Waals surface area contributed by atoms with E-state index >= 15 is 0 Å². The van der Waals surface area contributed by atoms with Crippen LogP contribution in [0.1, 0.15) is 16.8 Å². The van der Waals surface area contributed by atoms with Gasteiger partial charge in [-0.25, -0.2) is 0 Å². The van der Waals surface area contributed by atoms with Crippen molar-refractivity contribution in [1.82, 2.24) is 4.98 Å². The SMILES string of the molecule is O=C(Nc1ccc(Br)cc1)C1(c2ccc(-c3cnc(C(F)(F)F)cc3CO)cc2)COC1. The van der Waals surface area contributed by atoms with Gasteiger partial charge in [-0.1, -0.05) is 40.2 Å². The molecule has 3 aromatic rings. The second-order valence-electron chi connectivity index (χ2n) is 7.50. The molecule has 0 unspecified atom stereocenters. The summed E-state index contributed by atoms with van der Waals surface area (Å²) in [7, 11) is 0. The summed E-state index contributed by atoms with van der Waals surface area (Å²) in [5.74, 6) is -0.203. The fourth-order valence-corrected chi connectivity index (χ4v) is 3.79. The van der Waals surface area contributed by atoms with Crippen molar-refractivity contribution in [3.8, 4) is 11.1 Å². The third-order valence-electron chi connectivity index (χ3n) is 5.43. The number of alkyl halides is 3. The summed E-state index contributed by atoms with van der Waals surface area (Å²) in [4.78, 5) is 16.5. The number of amides is 1. The number of pyridine rings is 1. The van der Waals surface area contributed by atoms with Gasteiger partial charge in [0, 0.05) is 21.9 Å². The van der Waals surface area contributed by atoms with Gasteiger partial charge in [0.25, 0.3) is 0 Å². The van der Waals surface area contributed by atoms with Gasteiger partial charge < -0.3 is 15.2 Å². The largest absolute Gasteiger partial charge is 0.433 e. The zero-order valence-corrected chi connectivity index (χ0v) is 18.2. The first kappa shape index (κ1) is 22.4. The molecule has 1 aromatic heterocycles. The van der Waals surface area contributed by atoms with Crippen LogP contribution < -0.4 is 5.32 Å². The molecule has 0 atom stereocenters. The molecule has 0 spiro atoms. The third kappa shape index (κ3) is 4.28. The number of benzene rings is 2. The van der Waals surface area contributed by atoms with E-state index in [0.717, 1.165) is 22.3 Å². The summed E-state index contributed by atoms with van der Waals surface area (Å²) in [5, 5.41) is 12.5. The normalized spacial score (nSPS) is 15.2. The molecule has 1 aliphatic heterocycles. The maximum atomic E-state index is 13.0. The molecular formula is C23H18BrF3N2O3. The van der Waals surface area contributed by atoms with E-state index in [1.165, 1.54) is 0 Å². The lowest BCUT2D eigenvalue weighted by Crippen LogP contribution is -2.55. The molecule has 2 heterocycles. The molecule has 1 amide bonds. The number of aliphatic hydroxyl groups excluding tert-OH is 1. The average Bonchev–Trinajstić information content (AvgIpc) is 2.74. The Hall–Kier alpha value is -2.75. The Morgan fingerprint density at radius 1 is 1.12 bits per heavy atom. The summed E-state index contributed by atoms with van der Waals surface area (Å²) in [6.45, 7) is -0.118. The van der Waals surface area contributed by atoms with Crippen molar-refractivity contribution < 1.29 is 27.8 Å². The zero-order chi connectivity index (χ0) is 22.9. The molecule has 32 heavy (non-hydrogen) atoms. The van der Waals surface area contributed by atoms with Crippen LogP contribution in [0.4, 0.5) is 18.9 Å². The van der Waals surface area contributed by atoms with Gasteiger partial charge in [-0.2, -0.15) is 13.2 Å². The topological polar surface area (TPSA) is 71.5 Å². The van der Waals surface area contributed by atoms with Crippen molar-refractivity contribution in [2.75, 3.05) is 18.5 Å². The number of hydrogen-bond donors (Lipinski definition) is 2. The fourth-order valence-electron chi connectivity index (χ4n) is 3.53. The van der Waals surface area contributed by atoms with Crippen LogP contribution >= 0.6 is 15.9 Å². The monoisotopic (exact) mass is 506 g/mol. The summed E-state index contributed by atoms with van der Waals surface area (Å²) in [6, 6.07) is 15.0. The van der Waals surface area contributed by atoms with Crippen LogP contribution in [0.2, 0.25) is 0 Å². The summed E-state index contributed by atoms with van der Waals surface area (Å²) in [6.07, 6.45) is -3.49. The van der Waals surface area contributed by atoms with Crippen molar-refractivity contribution in [3.63, 3.8) is 0 Å². The minimum Gasteiger partial charge on any atom is -0.392 e. The van der Waals surface area contributed by atoms with Crippen LogP contribution in [0.3, 0.4) is 0 Å². The van der Waals surface area contributed by atoms with Gasteiger partial charge in [-0.15, -0.1) is 0 Å². The summed E-state index contributed by atoms with van der Waals surface area (Å²) >= 11 is 3.35. The second-order valence-corrected chi connectivity index (χ2v) is 8.41. The van der Waals surface area contributed by atoms with E-state index in [-0.39, 0.29) is 24.7 Å². The zero-order valence-electron chi connectivity index (χ0n) is 16.6. The first-order chi connectivity index (χ1) is 15.2. The van der Waals surface area contributed by atoms with E-state index in [9.17, 15) is 23.1 Å². The van der Waals surface area contributed by atoms with Crippen molar-refractivity contribution in [1.29, 1.82) is 0 Å². The Labute approximate surface area is 190 Å². The van der Waals surface area contributed by atoms with Gasteiger partial charge in [0.05, 0.1) is 19.8 Å². The number of halogens is 4. The number of carbonyl (C=O) groups excluding carboxylic acids is 1. The Kier molecular flexibility index (Phi) is 6.07. The quantitative estimate of drug-likeness (QED) is 0.514. The molecule has 0 bridgehead atoms. The summed E-state index contributed by atoms with van der Waals surface area (Å²) in [5.41, 5.74) is 0.570. The Morgan fingerprint density at radius 3 is 2.31 bits per heavy atom. The highest BCUT2D eigenvalue weighted by atomic mass is 79.9. The van der Waals surface area contributed by atoms with Crippen molar-refractivity contribution in [2.24, 2.45) is 0 Å². The van der Waals surface area contributed by atoms with Crippen LogP contribution in [-0.4, -0.2) is 29.2 Å². The maximum absolute atomic E-state index is 13.0. The molecule has 0 saturated carbocycles. The maximum Gasteiger partial charge on any atom is 0.433 e. The molecule has 166 valence electrons. The molecule has 0 radical (unpaired) electrons. The van der Waals surface area contributed by atoms with Gasteiger partial charge >= 0.3 is 6.18 Å². The first-order valence-electron chi connectivity index (χ1n) is 9.65. The first-order valence-corrected chi connectivity index (χ1v) is 10.4. The molecule has 2 N–H and O–H groups in total. The molecule has 1 fully saturated rings. The average molecular weight is 507 g/mol. The predicted octanol–water partition coefficient (Wildman–Crippen LogP) is 4.93. The van der Waals surface area contributed by atoms with Crippen LogP contribution in [-0.2, 0) is 27.7 Å². The van der Waals surface area contributed by atoms with Crippen LogP contribution in [0.15, 0.2) is 65.3 Å². The van der Waals surface area contributed by atoms with Crippen molar-refractivity contribution >= 4 is 27.5 Å². The fraction of sp³-hybridized carbons (Fsp3) is 0.217. The highest BCUT2D eigenvalue weighted by molar-refractivity contribution is 9.10. The molecular weight excluding hydrogens is 489 g/mol. The van der Waals surface area contributed by atoms with Gasteiger partial charge in [-0.05, 0) is 47.0 Å². The lowest BCUT2D eigenvalue weighted by atomic mass is 9.77. The molecule has 1 aliphatic rings. The number of nitrogens with zero attached hydrogens (tertiary/aromatic N) is 1. The number of aromatic nitrogens is 1. The van der Waals surface area contributed by atoms with Crippen LogP contribution in [0.25, 0.3) is 11.1 Å². The third-order valence-corrected chi connectivity index (χ3v) is 5.96. The summed E-state index contributed by atoms with van der Waals surface area (Å²) < 4.78 is 45.0. The second kappa shape index (κ2) is 8.65. The lowest BCUT2D eigenvalue weighted by molar-refractivity contribution is -0.141. The number of nitrogens with one attached hydrogen (secondary N) is 1. The van der Waals surface area contributed by atoms with Crippen molar-refractivity contribution in [3.05, 3.63) is 82.1 Å². The Balaban J connectivity index is 1.60. The smallest absolute Gasteiger partial charge is 0.392 e. The molecule has 0 aliphatic carbocycles. The molecule has 4 rings (SSSR count). The number of hydrogen-bond acceptors (Lipinski definition) is 4. The van der Waals surface area contributed by atoms with Gasteiger partial charge in [0.1, 0.15) is 11.1 Å². The van der Waals surface area contributed by atoms with E-state index < -0.39 is 23.9 Å². The molecule has 1 saturated heterocycles. The highest BCUT2D eigenvalue weighted by Crippen LogP contribution is 2.36. The van der Waals surface area contributed by atoms with Crippen LogP contribution in [0, 0.1) is 0 Å². The van der Waals surface area contributed by atoms with Crippen molar-refractivity contribution in [2.45, 2.75) is 18.2 Å². The van der Waals surface area contributed by atoms with Gasteiger partial charge in [0.15, 0.2) is 0 Å². The van der Waals surface area contributed by atoms with E-state index in [1.807, 2.05) is 12.1 Å². The van der Waals surface area contributed by atoms with Gasteiger partial charge in [0.2, 0.25) is 5.91 Å². The predicted molar refractivity (Wildman–Crippen MR) is 116 cm³/mol. The molecule has 5 nitrogen and oxygen atoms in total. The molecule has 9 heteroatoms. The highest BCUT2D eigenvalue weighted by Gasteiger charge is 2.47. The van der Waals surface area contributed by atoms with E-state index in [2.05, 4.69) is 26.2 Å². The van der Waals surface area contributed by atoms with E-state index in [0.29, 0.717) is 16.8 Å².